The van der Waals surface area contributed by atoms with Crippen molar-refractivity contribution in [3.05, 3.63) is 76.7 Å². The molecule has 0 spiro atoms. The fourth-order valence-electron chi connectivity index (χ4n) is 2.12. The van der Waals surface area contributed by atoms with E-state index in [0.29, 0.717) is 5.82 Å². The molecule has 0 bridgehead atoms. The smallest absolute Gasteiger partial charge is 0.275 e. The number of rotatable bonds is 4. The number of para-hydroxylation sites is 1. The third kappa shape index (κ3) is 3.97. The average molecular weight is 383 g/mol. The summed E-state index contributed by atoms with van der Waals surface area (Å²) in [6.45, 7) is 1.94. The second-order valence-corrected chi connectivity index (χ2v) is 6.11. The van der Waals surface area contributed by atoms with Crippen LogP contribution in [0.2, 0.25) is 0 Å². The molecular formula is C18H15BrN4O. The van der Waals surface area contributed by atoms with Gasteiger partial charge in [0.2, 0.25) is 0 Å². The van der Waals surface area contributed by atoms with Gasteiger partial charge >= 0.3 is 0 Å². The van der Waals surface area contributed by atoms with E-state index in [1.165, 1.54) is 12.4 Å². The van der Waals surface area contributed by atoms with Crippen LogP contribution >= 0.6 is 15.9 Å². The minimum absolute atomic E-state index is 0.262. The highest BCUT2D eigenvalue weighted by Crippen LogP contribution is 2.19. The van der Waals surface area contributed by atoms with Crippen LogP contribution < -0.4 is 10.6 Å². The molecule has 1 heterocycles. The first-order chi connectivity index (χ1) is 11.6. The van der Waals surface area contributed by atoms with Gasteiger partial charge in [0.25, 0.3) is 5.91 Å². The summed E-state index contributed by atoms with van der Waals surface area (Å²) in [7, 11) is 0. The van der Waals surface area contributed by atoms with E-state index in [4.69, 9.17) is 0 Å². The number of hydrogen-bond acceptors (Lipinski definition) is 4. The Kier molecular flexibility index (Phi) is 4.86. The van der Waals surface area contributed by atoms with Gasteiger partial charge in [-0.1, -0.05) is 40.2 Å². The number of benzene rings is 2. The summed E-state index contributed by atoms with van der Waals surface area (Å²) in [5.74, 6) is 0.284. The average Bonchev–Trinajstić information content (AvgIpc) is 2.57. The van der Waals surface area contributed by atoms with E-state index in [1.54, 1.807) is 0 Å². The lowest BCUT2D eigenvalue weighted by Gasteiger charge is -2.08. The molecule has 0 aliphatic rings. The van der Waals surface area contributed by atoms with Crippen LogP contribution in [0.1, 0.15) is 16.1 Å². The molecule has 24 heavy (non-hydrogen) atoms. The Morgan fingerprint density at radius 2 is 1.88 bits per heavy atom. The van der Waals surface area contributed by atoms with Gasteiger partial charge in [-0.15, -0.1) is 0 Å². The molecule has 0 atom stereocenters. The minimum atomic E-state index is -0.286. The third-order valence-corrected chi connectivity index (χ3v) is 3.87. The Hall–Kier alpha value is -2.73. The molecule has 1 amide bonds. The van der Waals surface area contributed by atoms with Crippen LogP contribution in [-0.2, 0) is 0 Å². The van der Waals surface area contributed by atoms with Crippen LogP contribution in [0.15, 0.2) is 65.4 Å². The van der Waals surface area contributed by atoms with Gasteiger partial charge in [0.15, 0.2) is 0 Å². The van der Waals surface area contributed by atoms with E-state index in [9.17, 15) is 4.79 Å². The highest BCUT2D eigenvalue weighted by atomic mass is 79.9. The molecule has 2 N–H and O–H groups in total. The maximum atomic E-state index is 12.2. The Labute approximate surface area is 148 Å². The summed E-state index contributed by atoms with van der Waals surface area (Å²) >= 11 is 3.41. The largest absolute Gasteiger partial charge is 0.339 e. The number of carbonyl (C=O) groups is 1. The second kappa shape index (κ2) is 7.23. The second-order valence-electron chi connectivity index (χ2n) is 5.19. The van der Waals surface area contributed by atoms with Gasteiger partial charge < -0.3 is 10.6 Å². The summed E-state index contributed by atoms with van der Waals surface area (Å²) in [6, 6.07) is 15.3. The highest BCUT2D eigenvalue weighted by Gasteiger charge is 2.09. The van der Waals surface area contributed by atoms with E-state index < -0.39 is 0 Å². The molecule has 0 unspecified atom stereocenters. The molecule has 120 valence electrons. The van der Waals surface area contributed by atoms with Crippen LogP contribution in [0, 0.1) is 6.92 Å². The first-order valence-electron chi connectivity index (χ1n) is 7.33. The summed E-state index contributed by atoms with van der Waals surface area (Å²) < 4.78 is 0.967. The fourth-order valence-corrected chi connectivity index (χ4v) is 2.52. The Balaban J connectivity index is 1.70. The van der Waals surface area contributed by atoms with Crippen molar-refractivity contribution in [2.45, 2.75) is 6.92 Å². The molecule has 6 heteroatoms. The normalized spacial score (nSPS) is 10.2. The van der Waals surface area contributed by atoms with E-state index >= 15 is 0 Å². The van der Waals surface area contributed by atoms with Crippen molar-refractivity contribution < 1.29 is 4.79 Å². The van der Waals surface area contributed by atoms with Crippen LogP contribution in [0.5, 0.6) is 0 Å². The number of halogens is 1. The van der Waals surface area contributed by atoms with Crippen molar-refractivity contribution in [3.8, 4) is 0 Å². The number of carbonyl (C=O) groups excluding carboxylic acids is 1. The number of nitrogens with one attached hydrogen (secondary N) is 2. The zero-order chi connectivity index (χ0) is 16.9. The predicted molar refractivity (Wildman–Crippen MR) is 98.6 cm³/mol. The van der Waals surface area contributed by atoms with Gasteiger partial charge in [-0.25, -0.2) is 9.97 Å². The standard InChI is InChI=1S/C18H15BrN4O/c1-12-5-2-3-8-15(12)23-18(24)16-10-21-17(11-20-16)22-14-7-4-6-13(19)9-14/h2-11H,1H3,(H,21,22)(H,23,24). The quantitative estimate of drug-likeness (QED) is 0.694. The van der Waals surface area contributed by atoms with Crippen molar-refractivity contribution in [2.75, 3.05) is 10.6 Å². The van der Waals surface area contributed by atoms with Crippen molar-refractivity contribution in [2.24, 2.45) is 0 Å². The Morgan fingerprint density at radius 3 is 2.58 bits per heavy atom. The molecule has 5 nitrogen and oxygen atoms in total. The molecule has 0 fully saturated rings. The molecule has 3 rings (SSSR count). The number of aryl methyl sites for hydroxylation is 1. The fraction of sp³-hybridized carbons (Fsp3) is 0.0556. The molecule has 0 saturated heterocycles. The lowest BCUT2D eigenvalue weighted by molar-refractivity contribution is 0.102. The van der Waals surface area contributed by atoms with Gasteiger partial charge in [0.05, 0.1) is 12.4 Å². The number of anilines is 3. The van der Waals surface area contributed by atoms with Crippen LogP contribution in [-0.4, -0.2) is 15.9 Å². The molecule has 0 aliphatic heterocycles. The zero-order valence-electron chi connectivity index (χ0n) is 13.0. The molecule has 0 aliphatic carbocycles. The van der Waals surface area contributed by atoms with Crippen molar-refractivity contribution in [3.63, 3.8) is 0 Å². The summed E-state index contributed by atoms with van der Waals surface area (Å²) in [5.41, 5.74) is 2.90. The van der Waals surface area contributed by atoms with E-state index in [0.717, 1.165) is 21.4 Å². The van der Waals surface area contributed by atoms with Crippen LogP contribution in [0.3, 0.4) is 0 Å². The number of amides is 1. The Morgan fingerprint density at radius 1 is 1.04 bits per heavy atom. The summed E-state index contributed by atoms with van der Waals surface area (Å²) in [6.07, 6.45) is 2.99. The van der Waals surface area contributed by atoms with Crippen LogP contribution in [0.4, 0.5) is 17.2 Å². The number of nitrogens with zero attached hydrogens (tertiary/aromatic N) is 2. The van der Waals surface area contributed by atoms with Gasteiger partial charge in [-0.05, 0) is 36.8 Å². The first kappa shape index (κ1) is 16.1. The first-order valence-corrected chi connectivity index (χ1v) is 8.13. The maximum Gasteiger partial charge on any atom is 0.275 e. The summed E-state index contributed by atoms with van der Waals surface area (Å²) in [4.78, 5) is 20.7. The molecule has 0 radical (unpaired) electrons. The van der Waals surface area contributed by atoms with Gasteiger partial charge in [-0.2, -0.15) is 0 Å². The van der Waals surface area contributed by atoms with Crippen molar-refractivity contribution >= 4 is 39.0 Å². The van der Waals surface area contributed by atoms with Crippen LogP contribution in [0.25, 0.3) is 0 Å². The molecule has 2 aromatic carbocycles. The lowest BCUT2D eigenvalue weighted by atomic mass is 10.2. The monoisotopic (exact) mass is 382 g/mol. The maximum absolute atomic E-state index is 12.2. The van der Waals surface area contributed by atoms with Gasteiger partial charge in [-0.3, -0.25) is 4.79 Å². The third-order valence-electron chi connectivity index (χ3n) is 3.37. The van der Waals surface area contributed by atoms with Crippen molar-refractivity contribution in [1.29, 1.82) is 0 Å². The summed E-state index contributed by atoms with van der Waals surface area (Å²) in [5, 5.41) is 5.97. The Bertz CT molecular complexity index is 865. The molecule has 1 aromatic heterocycles. The van der Waals surface area contributed by atoms with Gasteiger partial charge in [0.1, 0.15) is 11.5 Å². The van der Waals surface area contributed by atoms with Crippen molar-refractivity contribution in [1.82, 2.24) is 9.97 Å². The number of aromatic nitrogens is 2. The SMILES string of the molecule is Cc1ccccc1NC(=O)c1cnc(Nc2cccc(Br)c2)cn1. The molecule has 0 saturated carbocycles. The minimum Gasteiger partial charge on any atom is -0.339 e. The topological polar surface area (TPSA) is 66.9 Å². The van der Waals surface area contributed by atoms with E-state index in [1.807, 2.05) is 55.5 Å². The highest BCUT2D eigenvalue weighted by molar-refractivity contribution is 9.10. The number of hydrogen-bond donors (Lipinski definition) is 2. The predicted octanol–water partition coefficient (Wildman–Crippen LogP) is 4.54. The molecular weight excluding hydrogens is 368 g/mol. The zero-order valence-corrected chi connectivity index (χ0v) is 14.5. The molecule has 3 aromatic rings. The van der Waals surface area contributed by atoms with E-state index in [2.05, 4.69) is 36.5 Å². The van der Waals surface area contributed by atoms with E-state index in [-0.39, 0.29) is 11.6 Å². The van der Waals surface area contributed by atoms with Gasteiger partial charge in [0, 0.05) is 15.8 Å². The lowest BCUT2D eigenvalue weighted by Crippen LogP contribution is -2.15.